The molecule has 0 saturated carbocycles. The van der Waals surface area contributed by atoms with Crippen molar-refractivity contribution in [3.05, 3.63) is 41.3 Å². The third kappa shape index (κ3) is 3.30. The molecule has 3 heterocycles. The van der Waals surface area contributed by atoms with Gasteiger partial charge < -0.3 is 9.80 Å². The number of para-hydroxylation sites is 1. The number of anilines is 1. The zero-order valence-electron chi connectivity index (χ0n) is 16.1. The Labute approximate surface area is 168 Å². The van der Waals surface area contributed by atoms with Gasteiger partial charge in [0, 0.05) is 39.0 Å². The second-order valence-electron chi connectivity index (χ2n) is 6.78. The number of hydrogen-bond acceptors (Lipinski definition) is 5. The van der Waals surface area contributed by atoms with E-state index in [0.717, 1.165) is 47.9 Å². The summed E-state index contributed by atoms with van der Waals surface area (Å²) in [6.07, 6.45) is 3.07. The van der Waals surface area contributed by atoms with Crippen LogP contribution in [-0.2, 0) is 11.2 Å². The van der Waals surface area contributed by atoms with Crippen LogP contribution in [0.15, 0.2) is 30.5 Å². The van der Waals surface area contributed by atoms with Crippen LogP contribution < -0.4 is 4.90 Å². The van der Waals surface area contributed by atoms with E-state index in [4.69, 9.17) is 21.6 Å². The predicted molar refractivity (Wildman–Crippen MR) is 110 cm³/mol. The third-order valence-corrected chi connectivity index (χ3v) is 5.41. The van der Waals surface area contributed by atoms with Crippen molar-refractivity contribution in [2.24, 2.45) is 0 Å². The van der Waals surface area contributed by atoms with E-state index >= 15 is 0 Å². The molecule has 1 fully saturated rings. The highest BCUT2D eigenvalue weighted by Crippen LogP contribution is 2.29. The van der Waals surface area contributed by atoms with Crippen LogP contribution in [0.2, 0.25) is 5.02 Å². The maximum Gasteiger partial charge on any atom is 0.222 e. The van der Waals surface area contributed by atoms with E-state index in [-0.39, 0.29) is 5.91 Å². The number of aryl methyl sites for hydroxylation is 1. The van der Waals surface area contributed by atoms with Crippen LogP contribution in [0.25, 0.3) is 16.7 Å². The molecule has 1 aromatic carbocycles. The van der Waals surface area contributed by atoms with Crippen molar-refractivity contribution in [3.63, 3.8) is 0 Å². The highest BCUT2D eigenvalue weighted by molar-refractivity contribution is 6.32. The summed E-state index contributed by atoms with van der Waals surface area (Å²) < 4.78 is 1.78. The first-order chi connectivity index (χ1) is 13.6. The van der Waals surface area contributed by atoms with E-state index < -0.39 is 0 Å². The van der Waals surface area contributed by atoms with Gasteiger partial charge >= 0.3 is 0 Å². The smallest absolute Gasteiger partial charge is 0.222 e. The molecule has 2 aromatic heterocycles. The number of fused-ring (bicyclic) bond motifs is 1. The minimum Gasteiger partial charge on any atom is -0.352 e. The molecule has 0 aliphatic carbocycles. The highest BCUT2D eigenvalue weighted by Gasteiger charge is 2.24. The molecule has 3 aromatic rings. The molecule has 0 bridgehead atoms. The number of aromatic nitrogens is 4. The zero-order chi connectivity index (χ0) is 19.7. The summed E-state index contributed by atoms with van der Waals surface area (Å²) in [7, 11) is 0. The number of piperazine rings is 1. The molecule has 1 amide bonds. The molecule has 1 aliphatic rings. The van der Waals surface area contributed by atoms with Gasteiger partial charge in [0.2, 0.25) is 5.91 Å². The molecule has 0 N–H and O–H groups in total. The number of nitrogens with zero attached hydrogens (tertiary/aromatic N) is 6. The van der Waals surface area contributed by atoms with E-state index in [2.05, 4.69) is 10.00 Å². The fraction of sp³-hybridized carbons (Fsp3) is 0.400. The molecule has 8 heteroatoms. The SMILES string of the molecule is CCC(=O)N1CCN(c2nc(CC)nc3c2cnn3-c2ccccc2Cl)CC1. The van der Waals surface area contributed by atoms with Crippen LogP contribution in [0.1, 0.15) is 26.1 Å². The van der Waals surface area contributed by atoms with Crippen LogP contribution >= 0.6 is 11.6 Å². The molecule has 0 spiro atoms. The summed E-state index contributed by atoms with van der Waals surface area (Å²) in [5.41, 5.74) is 1.55. The van der Waals surface area contributed by atoms with Gasteiger partial charge in [0.05, 0.1) is 22.3 Å². The van der Waals surface area contributed by atoms with Crippen LogP contribution in [0.3, 0.4) is 0 Å². The molecular formula is C20H23ClN6O. The molecule has 7 nitrogen and oxygen atoms in total. The van der Waals surface area contributed by atoms with Crippen molar-refractivity contribution in [2.45, 2.75) is 26.7 Å². The Bertz CT molecular complexity index is 1010. The first kappa shape index (κ1) is 18.7. The van der Waals surface area contributed by atoms with Crippen LogP contribution in [0, 0.1) is 0 Å². The van der Waals surface area contributed by atoms with Gasteiger partial charge in [-0.15, -0.1) is 0 Å². The Morgan fingerprint density at radius 1 is 1.11 bits per heavy atom. The van der Waals surface area contributed by atoms with Gasteiger partial charge in [-0.3, -0.25) is 4.79 Å². The van der Waals surface area contributed by atoms with E-state index in [1.165, 1.54) is 0 Å². The Kier molecular flexibility index (Phi) is 5.17. The molecule has 4 rings (SSSR count). The van der Waals surface area contributed by atoms with E-state index in [9.17, 15) is 4.79 Å². The lowest BCUT2D eigenvalue weighted by Gasteiger charge is -2.35. The number of benzene rings is 1. The fourth-order valence-electron chi connectivity index (χ4n) is 3.53. The lowest BCUT2D eigenvalue weighted by Crippen LogP contribution is -2.49. The van der Waals surface area contributed by atoms with Crippen molar-refractivity contribution in [2.75, 3.05) is 31.1 Å². The van der Waals surface area contributed by atoms with E-state index in [1.807, 2.05) is 43.0 Å². The Hall–Kier alpha value is -2.67. The molecule has 0 atom stereocenters. The van der Waals surface area contributed by atoms with Crippen molar-refractivity contribution in [1.29, 1.82) is 0 Å². The fourth-order valence-corrected chi connectivity index (χ4v) is 3.74. The van der Waals surface area contributed by atoms with Crippen LogP contribution in [0.4, 0.5) is 5.82 Å². The zero-order valence-corrected chi connectivity index (χ0v) is 16.9. The second-order valence-corrected chi connectivity index (χ2v) is 7.19. The minimum atomic E-state index is 0.202. The number of hydrogen-bond donors (Lipinski definition) is 0. The van der Waals surface area contributed by atoms with Gasteiger partial charge in [-0.2, -0.15) is 5.10 Å². The number of rotatable bonds is 4. The van der Waals surface area contributed by atoms with Crippen molar-refractivity contribution in [1.82, 2.24) is 24.6 Å². The number of carbonyl (C=O) groups excluding carboxylic acids is 1. The second kappa shape index (κ2) is 7.75. The summed E-state index contributed by atoms with van der Waals surface area (Å²) in [6, 6.07) is 7.60. The van der Waals surface area contributed by atoms with Gasteiger partial charge in [-0.1, -0.05) is 37.6 Å². The Morgan fingerprint density at radius 2 is 1.86 bits per heavy atom. The maximum atomic E-state index is 12.0. The molecule has 28 heavy (non-hydrogen) atoms. The van der Waals surface area contributed by atoms with Crippen molar-refractivity contribution in [3.8, 4) is 5.69 Å². The van der Waals surface area contributed by atoms with Gasteiger partial charge in [0.1, 0.15) is 11.6 Å². The largest absolute Gasteiger partial charge is 0.352 e. The lowest BCUT2D eigenvalue weighted by molar-refractivity contribution is -0.131. The van der Waals surface area contributed by atoms with Crippen LogP contribution in [-0.4, -0.2) is 56.7 Å². The minimum absolute atomic E-state index is 0.202. The molecule has 0 radical (unpaired) electrons. The predicted octanol–water partition coefficient (Wildman–Crippen LogP) is 3.09. The summed E-state index contributed by atoms with van der Waals surface area (Å²) >= 11 is 6.39. The third-order valence-electron chi connectivity index (χ3n) is 5.09. The molecule has 146 valence electrons. The molecule has 0 unspecified atom stereocenters. The van der Waals surface area contributed by atoms with Crippen LogP contribution in [0.5, 0.6) is 0 Å². The maximum absolute atomic E-state index is 12.0. The monoisotopic (exact) mass is 398 g/mol. The molecule has 1 saturated heterocycles. The summed E-state index contributed by atoms with van der Waals surface area (Å²) in [5.74, 6) is 1.85. The molecule has 1 aliphatic heterocycles. The Morgan fingerprint density at radius 3 is 2.54 bits per heavy atom. The van der Waals surface area contributed by atoms with Crippen molar-refractivity contribution >= 4 is 34.4 Å². The quantitative estimate of drug-likeness (QED) is 0.675. The Balaban J connectivity index is 1.74. The highest BCUT2D eigenvalue weighted by atomic mass is 35.5. The normalized spacial score (nSPS) is 14.7. The molecular weight excluding hydrogens is 376 g/mol. The average Bonchev–Trinajstić information content (AvgIpc) is 3.16. The van der Waals surface area contributed by atoms with E-state index in [0.29, 0.717) is 24.5 Å². The number of carbonyl (C=O) groups is 1. The first-order valence-corrected chi connectivity index (χ1v) is 10.0. The standard InChI is InChI=1S/C20H23ClN6O/c1-3-17-23-19(26-11-9-25(10-12-26)18(28)4-2)14-13-22-27(20(14)24-17)16-8-6-5-7-15(16)21/h5-8,13H,3-4,9-12H2,1-2H3. The van der Waals surface area contributed by atoms with Gasteiger partial charge in [-0.25, -0.2) is 14.6 Å². The number of amides is 1. The topological polar surface area (TPSA) is 67.2 Å². The first-order valence-electron chi connectivity index (χ1n) is 9.64. The van der Waals surface area contributed by atoms with Gasteiger partial charge in [0.15, 0.2) is 5.65 Å². The summed E-state index contributed by atoms with van der Waals surface area (Å²) in [5, 5.41) is 6.07. The lowest BCUT2D eigenvalue weighted by atomic mass is 10.2. The van der Waals surface area contributed by atoms with Gasteiger partial charge in [0.25, 0.3) is 0 Å². The van der Waals surface area contributed by atoms with Gasteiger partial charge in [-0.05, 0) is 12.1 Å². The van der Waals surface area contributed by atoms with E-state index in [1.54, 1.807) is 10.9 Å². The number of halogens is 1. The van der Waals surface area contributed by atoms with Crippen molar-refractivity contribution < 1.29 is 4.79 Å². The summed E-state index contributed by atoms with van der Waals surface area (Å²) in [6.45, 7) is 6.85. The average molecular weight is 399 g/mol. The summed E-state index contributed by atoms with van der Waals surface area (Å²) in [4.78, 5) is 25.6.